The van der Waals surface area contributed by atoms with Crippen molar-refractivity contribution in [2.24, 2.45) is 5.92 Å². The number of benzene rings is 1. The molecular weight excluding hydrogens is 234 g/mol. The van der Waals surface area contributed by atoms with Crippen LogP contribution in [0.3, 0.4) is 0 Å². The smallest absolute Gasteiger partial charge is 0.0746 e. The van der Waals surface area contributed by atoms with E-state index < -0.39 is 0 Å². The highest BCUT2D eigenvalue weighted by atomic mass is 15.1. The van der Waals surface area contributed by atoms with Crippen molar-refractivity contribution in [3.63, 3.8) is 0 Å². The lowest BCUT2D eigenvalue weighted by molar-refractivity contribution is 0.388. The molecule has 1 aromatic heterocycles. The normalized spacial score (nSPS) is 20.2. The second kappa shape index (κ2) is 5.68. The molecule has 3 heteroatoms. The van der Waals surface area contributed by atoms with Gasteiger partial charge in [0, 0.05) is 24.7 Å². The summed E-state index contributed by atoms with van der Waals surface area (Å²) in [6.07, 6.45) is 3.19. The fourth-order valence-electron chi connectivity index (χ4n) is 2.91. The fraction of sp³-hybridized carbons (Fsp3) is 0.438. The van der Waals surface area contributed by atoms with E-state index in [1.54, 1.807) is 0 Å². The van der Waals surface area contributed by atoms with Crippen LogP contribution in [-0.4, -0.2) is 36.6 Å². The highest BCUT2D eigenvalue weighted by molar-refractivity contribution is 5.81. The van der Waals surface area contributed by atoms with Gasteiger partial charge in [-0.25, -0.2) is 0 Å². The van der Waals surface area contributed by atoms with E-state index in [0.29, 0.717) is 0 Å². The SMILES string of the molecule is CN1CCC(CNCc2cccc3cccnc23)C1. The van der Waals surface area contributed by atoms with Crippen LogP contribution in [0.5, 0.6) is 0 Å². The van der Waals surface area contributed by atoms with Crippen molar-refractivity contribution < 1.29 is 0 Å². The maximum absolute atomic E-state index is 4.50. The summed E-state index contributed by atoms with van der Waals surface area (Å²) in [7, 11) is 2.20. The molecule has 1 atom stereocenters. The van der Waals surface area contributed by atoms with Gasteiger partial charge >= 0.3 is 0 Å². The van der Waals surface area contributed by atoms with Crippen LogP contribution in [0.15, 0.2) is 36.5 Å². The fourth-order valence-corrected chi connectivity index (χ4v) is 2.91. The van der Waals surface area contributed by atoms with Gasteiger partial charge in [-0.1, -0.05) is 24.3 Å². The van der Waals surface area contributed by atoms with Gasteiger partial charge in [-0.15, -0.1) is 0 Å². The summed E-state index contributed by atoms with van der Waals surface area (Å²) in [5, 5.41) is 4.81. The van der Waals surface area contributed by atoms with Crippen LogP contribution in [0.2, 0.25) is 0 Å². The average Bonchev–Trinajstić information content (AvgIpc) is 2.85. The van der Waals surface area contributed by atoms with Crippen molar-refractivity contribution in [2.75, 3.05) is 26.7 Å². The number of hydrogen-bond acceptors (Lipinski definition) is 3. The molecule has 1 aliphatic rings. The summed E-state index contributed by atoms with van der Waals surface area (Å²) in [6.45, 7) is 4.48. The van der Waals surface area contributed by atoms with Crippen molar-refractivity contribution in [3.8, 4) is 0 Å². The third kappa shape index (κ3) is 2.94. The number of rotatable bonds is 4. The van der Waals surface area contributed by atoms with Crippen LogP contribution in [0.1, 0.15) is 12.0 Å². The van der Waals surface area contributed by atoms with E-state index in [2.05, 4.69) is 46.5 Å². The Morgan fingerprint density at radius 2 is 2.21 bits per heavy atom. The molecule has 100 valence electrons. The quantitative estimate of drug-likeness (QED) is 0.908. The van der Waals surface area contributed by atoms with E-state index >= 15 is 0 Å². The van der Waals surface area contributed by atoms with Gasteiger partial charge in [0.05, 0.1) is 5.52 Å². The van der Waals surface area contributed by atoms with Gasteiger partial charge in [-0.05, 0) is 44.1 Å². The van der Waals surface area contributed by atoms with Crippen molar-refractivity contribution in [2.45, 2.75) is 13.0 Å². The molecule has 1 N–H and O–H groups in total. The molecule has 1 saturated heterocycles. The molecule has 1 aliphatic heterocycles. The Hall–Kier alpha value is -1.45. The van der Waals surface area contributed by atoms with Gasteiger partial charge in [0.1, 0.15) is 0 Å². The number of likely N-dealkylation sites (tertiary alicyclic amines) is 1. The highest BCUT2D eigenvalue weighted by Crippen LogP contribution is 2.16. The summed E-state index contributed by atoms with van der Waals surface area (Å²) < 4.78 is 0. The first-order chi connectivity index (χ1) is 9.33. The van der Waals surface area contributed by atoms with E-state index in [0.717, 1.165) is 24.5 Å². The van der Waals surface area contributed by atoms with Crippen molar-refractivity contribution in [1.82, 2.24) is 15.2 Å². The Bertz CT molecular complexity index is 547. The molecule has 0 radical (unpaired) electrons. The van der Waals surface area contributed by atoms with Crippen molar-refractivity contribution in [3.05, 3.63) is 42.1 Å². The lowest BCUT2D eigenvalue weighted by Crippen LogP contribution is -2.24. The van der Waals surface area contributed by atoms with Crippen LogP contribution in [-0.2, 0) is 6.54 Å². The van der Waals surface area contributed by atoms with Gasteiger partial charge in [0.2, 0.25) is 0 Å². The third-order valence-corrected chi connectivity index (χ3v) is 3.95. The molecule has 19 heavy (non-hydrogen) atoms. The molecule has 3 rings (SSSR count). The third-order valence-electron chi connectivity index (χ3n) is 3.95. The summed E-state index contributed by atoms with van der Waals surface area (Å²) in [4.78, 5) is 6.90. The number of fused-ring (bicyclic) bond motifs is 1. The molecule has 2 heterocycles. The van der Waals surface area contributed by atoms with Crippen molar-refractivity contribution >= 4 is 10.9 Å². The summed E-state index contributed by atoms with van der Waals surface area (Å²) in [6, 6.07) is 10.5. The van der Waals surface area contributed by atoms with Gasteiger partial charge in [0.25, 0.3) is 0 Å². The van der Waals surface area contributed by atoms with Crippen LogP contribution in [0, 0.1) is 5.92 Å². The lowest BCUT2D eigenvalue weighted by Gasteiger charge is -2.12. The molecule has 0 amide bonds. The van der Waals surface area contributed by atoms with E-state index in [1.165, 1.54) is 30.5 Å². The van der Waals surface area contributed by atoms with Crippen molar-refractivity contribution in [1.29, 1.82) is 0 Å². The maximum atomic E-state index is 4.50. The molecule has 0 saturated carbocycles. The Labute approximate surface area is 114 Å². The number of nitrogens with zero attached hydrogens (tertiary/aromatic N) is 2. The zero-order chi connectivity index (χ0) is 13.1. The molecule has 2 aromatic rings. The number of pyridine rings is 1. The first kappa shape index (κ1) is 12.6. The predicted octanol–water partition coefficient (Wildman–Crippen LogP) is 2.28. The second-order valence-electron chi connectivity index (χ2n) is 5.54. The Morgan fingerprint density at radius 3 is 3.05 bits per heavy atom. The van der Waals surface area contributed by atoms with Gasteiger partial charge in [0.15, 0.2) is 0 Å². The number of nitrogens with one attached hydrogen (secondary N) is 1. The van der Waals surface area contributed by atoms with Crippen LogP contribution >= 0.6 is 0 Å². The predicted molar refractivity (Wildman–Crippen MR) is 79.1 cm³/mol. The summed E-state index contributed by atoms with van der Waals surface area (Å²) >= 11 is 0. The first-order valence-electron chi connectivity index (χ1n) is 7.05. The summed E-state index contributed by atoms with van der Waals surface area (Å²) in [5.74, 6) is 0.799. The first-order valence-corrected chi connectivity index (χ1v) is 7.05. The average molecular weight is 255 g/mol. The zero-order valence-corrected chi connectivity index (χ0v) is 11.5. The molecule has 1 aromatic carbocycles. The zero-order valence-electron chi connectivity index (χ0n) is 11.5. The number of hydrogen-bond donors (Lipinski definition) is 1. The molecule has 0 aliphatic carbocycles. The van der Waals surface area contributed by atoms with E-state index in [-0.39, 0.29) is 0 Å². The highest BCUT2D eigenvalue weighted by Gasteiger charge is 2.18. The van der Waals surface area contributed by atoms with Crippen LogP contribution in [0.25, 0.3) is 10.9 Å². The molecular formula is C16H21N3. The lowest BCUT2D eigenvalue weighted by atomic mass is 10.1. The van der Waals surface area contributed by atoms with E-state index in [1.807, 2.05) is 12.3 Å². The van der Waals surface area contributed by atoms with Crippen LogP contribution in [0.4, 0.5) is 0 Å². The topological polar surface area (TPSA) is 28.2 Å². The van der Waals surface area contributed by atoms with Gasteiger partial charge in [-0.3, -0.25) is 4.98 Å². The van der Waals surface area contributed by atoms with E-state index in [4.69, 9.17) is 0 Å². The number of para-hydroxylation sites is 1. The Kier molecular flexibility index (Phi) is 3.76. The molecule has 3 nitrogen and oxygen atoms in total. The minimum Gasteiger partial charge on any atom is -0.312 e. The largest absolute Gasteiger partial charge is 0.312 e. The Morgan fingerprint density at radius 1 is 1.32 bits per heavy atom. The molecule has 0 spiro atoms. The second-order valence-corrected chi connectivity index (χ2v) is 5.54. The minimum atomic E-state index is 0.799. The minimum absolute atomic E-state index is 0.799. The van der Waals surface area contributed by atoms with Gasteiger partial charge < -0.3 is 10.2 Å². The van der Waals surface area contributed by atoms with Crippen LogP contribution < -0.4 is 5.32 Å². The Balaban J connectivity index is 1.62. The summed E-state index contributed by atoms with van der Waals surface area (Å²) in [5.41, 5.74) is 2.42. The van der Waals surface area contributed by atoms with Gasteiger partial charge in [-0.2, -0.15) is 0 Å². The molecule has 1 fully saturated rings. The standard InChI is InChI=1S/C16H21N3/c1-19-9-7-13(12-19)10-17-11-15-5-2-4-14-6-3-8-18-16(14)15/h2-6,8,13,17H,7,9-12H2,1H3. The van der Waals surface area contributed by atoms with E-state index in [9.17, 15) is 0 Å². The molecule has 0 bridgehead atoms. The molecule has 1 unspecified atom stereocenters. The maximum Gasteiger partial charge on any atom is 0.0746 e. The monoisotopic (exact) mass is 255 g/mol. The number of aromatic nitrogens is 1.